The maximum atomic E-state index is 13.0. The van der Waals surface area contributed by atoms with E-state index in [9.17, 15) is 17.6 Å². The molecule has 0 fully saturated rings. The van der Waals surface area contributed by atoms with E-state index in [-0.39, 0.29) is 34.5 Å². The highest BCUT2D eigenvalue weighted by molar-refractivity contribution is 7.92. The Morgan fingerprint density at radius 2 is 1.75 bits per heavy atom. The number of carbonyl (C=O) groups excluding carboxylic acids is 1. The minimum Gasteiger partial charge on any atom is -0.454 e. The molecular weight excluding hydrogens is 437 g/mol. The third kappa shape index (κ3) is 4.98. The molecular formula is C22H16FN3O5S. The summed E-state index contributed by atoms with van der Waals surface area (Å²) in [5, 5.41) is 3.73. The van der Waals surface area contributed by atoms with Crippen molar-refractivity contribution < 1.29 is 26.9 Å². The van der Waals surface area contributed by atoms with Crippen molar-refractivity contribution in [2.24, 2.45) is 0 Å². The smallest absolute Gasteiger partial charge is 0.338 e. The predicted octanol–water partition coefficient (Wildman–Crippen LogP) is 4.03. The Balaban J connectivity index is 1.41. The Morgan fingerprint density at radius 1 is 1.00 bits per heavy atom. The molecule has 0 aliphatic heterocycles. The molecule has 4 aromatic rings. The van der Waals surface area contributed by atoms with Gasteiger partial charge in [-0.15, -0.1) is 0 Å². The van der Waals surface area contributed by atoms with Gasteiger partial charge in [0.2, 0.25) is 5.82 Å². The first-order valence-corrected chi connectivity index (χ1v) is 10.8. The summed E-state index contributed by atoms with van der Waals surface area (Å²) >= 11 is 0. The molecule has 10 heteroatoms. The number of rotatable bonds is 7. The van der Waals surface area contributed by atoms with Crippen molar-refractivity contribution in [1.82, 2.24) is 10.1 Å². The van der Waals surface area contributed by atoms with Crippen LogP contribution in [0.3, 0.4) is 0 Å². The number of esters is 1. The standard InChI is InChI=1S/C22H16FN3O5S/c23-17-11-9-15(10-12-17)21-24-20(25-31-21)14-30-22(27)16-5-4-6-18(13-16)26-32(28,29)19-7-2-1-3-8-19/h1-13,26H,14H2. The van der Waals surface area contributed by atoms with E-state index in [4.69, 9.17) is 9.26 Å². The summed E-state index contributed by atoms with van der Waals surface area (Å²) in [7, 11) is -3.80. The number of nitrogens with zero attached hydrogens (tertiary/aromatic N) is 2. The molecule has 1 aromatic heterocycles. The number of benzene rings is 3. The zero-order valence-corrected chi connectivity index (χ0v) is 17.3. The largest absolute Gasteiger partial charge is 0.454 e. The summed E-state index contributed by atoms with van der Waals surface area (Å²) in [6, 6.07) is 19.3. The van der Waals surface area contributed by atoms with Crippen molar-refractivity contribution in [3.8, 4) is 11.5 Å². The topological polar surface area (TPSA) is 111 Å². The summed E-state index contributed by atoms with van der Waals surface area (Å²) < 4.78 is 50.6. The highest BCUT2D eigenvalue weighted by atomic mass is 32.2. The molecule has 0 saturated carbocycles. The molecule has 162 valence electrons. The maximum absolute atomic E-state index is 13.0. The molecule has 32 heavy (non-hydrogen) atoms. The number of ether oxygens (including phenoxy) is 1. The Morgan fingerprint density at radius 3 is 2.50 bits per heavy atom. The minimum absolute atomic E-state index is 0.0991. The van der Waals surface area contributed by atoms with Crippen LogP contribution < -0.4 is 4.72 Å². The van der Waals surface area contributed by atoms with Crippen LogP contribution in [0.5, 0.6) is 0 Å². The monoisotopic (exact) mass is 453 g/mol. The molecule has 3 aromatic carbocycles. The number of hydrogen-bond acceptors (Lipinski definition) is 7. The first kappa shape index (κ1) is 21.2. The molecule has 0 spiro atoms. The van der Waals surface area contributed by atoms with Crippen LogP contribution in [0.2, 0.25) is 0 Å². The summed E-state index contributed by atoms with van der Waals surface area (Å²) in [5.41, 5.74) is 0.872. The van der Waals surface area contributed by atoms with Crippen LogP contribution in [0.15, 0.2) is 88.3 Å². The van der Waals surface area contributed by atoms with Gasteiger partial charge in [0, 0.05) is 11.3 Å². The number of anilines is 1. The Kier molecular flexibility index (Phi) is 5.95. The van der Waals surface area contributed by atoms with E-state index in [1.54, 1.807) is 18.2 Å². The molecule has 0 aliphatic rings. The number of hydrogen-bond donors (Lipinski definition) is 1. The van der Waals surface area contributed by atoms with Gasteiger partial charge in [-0.05, 0) is 54.6 Å². The number of carbonyl (C=O) groups is 1. The van der Waals surface area contributed by atoms with Crippen molar-refractivity contribution in [3.63, 3.8) is 0 Å². The van der Waals surface area contributed by atoms with Crippen LogP contribution in [-0.2, 0) is 21.4 Å². The molecule has 0 aliphatic carbocycles. The number of halogens is 1. The average molecular weight is 453 g/mol. The van der Waals surface area contributed by atoms with Crippen LogP contribution in [0.4, 0.5) is 10.1 Å². The van der Waals surface area contributed by atoms with Crippen molar-refractivity contribution in [3.05, 3.63) is 96.1 Å². The van der Waals surface area contributed by atoms with Crippen LogP contribution >= 0.6 is 0 Å². The summed E-state index contributed by atoms with van der Waals surface area (Å²) in [5.74, 6) is -0.804. The fourth-order valence-electron chi connectivity index (χ4n) is 2.76. The predicted molar refractivity (Wildman–Crippen MR) is 113 cm³/mol. The first-order valence-electron chi connectivity index (χ1n) is 9.34. The lowest BCUT2D eigenvalue weighted by Crippen LogP contribution is -2.13. The highest BCUT2D eigenvalue weighted by Gasteiger charge is 2.16. The van der Waals surface area contributed by atoms with Gasteiger partial charge in [-0.3, -0.25) is 4.72 Å². The van der Waals surface area contributed by atoms with Crippen LogP contribution in [0, 0.1) is 5.82 Å². The Hall–Kier alpha value is -4.05. The molecule has 0 bridgehead atoms. The van der Waals surface area contributed by atoms with Gasteiger partial charge < -0.3 is 9.26 Å². The zero-order valence-electron chi connectivity index (χ0n) is 16.4. The van der Waals surface area contributed by atoms with Gasteiger partial charge in [0.1, 0.15) is 5.82 Å². The van der Waals surface area contributed by atoms with E-state index in [1.165, 1.54) is 60.7 Å². The third-order valence-electron chi connectivity index (χ3n) is 4.30. The van der Waals surface area contributed by atoms with E-state index in [0.29, 0.717) is 5.56 Å². The summed E-state index contributed by atoms with van der Waals surface area (Å²) in [4.78, 5) is 16.6. The fourth-order valence-corrected chi connectivity index (χ4v) is 3.83. The summed E-state index contributed by atoms with van der Waals surface area (Å²) in [6.07, 6.45) is 0. The van der Waals surface area contributed by atoms with Gasteiger partial charge in [0.15, 0.2) is 6.61 Å². The lowest BCUT2D eigenvalue weighted by Gasteiger charge is -2.09. The third-order valence-corrected chi connectivity index (χ3v) is 5.69. The van der Waals surface area contributed by atoms with Crippen molar-refractivity contribution in [2.75, 3.05) is 4.72 Å². The van der Waals surface area contributed by atoms with Gasteiger partial charge in [0.25, 0.3) is 15.9 Å². The average Bonchev–Trinajstić information content (AvgIpc) is 3.27. The van der Waals surface area contributed by atoms with Gasteiger partial charge in [-0.2, -0.15) is 4.98 Å². The molecule has 0 saturated heterocycles. The normalized spacial score (nSPS) is 11.2. The molecule has 0 atom stereocenters. The van der Waals surface area contributed by atoms with Crippen LogP contribution in [0.1, 0.15) is 16.2 Å². The SMILES string of the molecule is O=C(OCc1noc(-c2ccc(F)cc2)n1)c1cccc(NS(=O)(=O)c2ccccc2)c1. The Labute approximate surface area is 182 Å². The van der Waals surface area contributed by atoms with E-state index < -0.39 is 21.8 Å². The quantitative estimate of drug-likeness (QED) is 0.421. The lowest BCUT2D eigenvalue weighted by atomic mass is 10.2. The molecule has 0 amide bonds. The highest BCUT2D eigenvalue weighted by Crippen LogP contribution is 2.19. The van der Waals surface area contributed by atoms with Gasteiger partial charge >= 0.3 is 5.97 Å². The lowest BCUT2D eigenvalue weighted by molar-refractivity contribution is 0.0459. The Bertz CT molecular complexity index is 1340. The van der Waals surface area contributed by atoms with Gasteiger partial charge in [-0.25, -0.2) is 17.6 Å². The number of aromatic nitrogens is 2. The van der Waals surface area contributed by atoms with Crippen molar-refractivity contribution in [2.45, 2.75) is 11.5 Å². The molecule has 1 heterocycles. The molecule has 0 unspecified atom stereocenters. The van der Waals surface area contributed by atoms with Gasteiger partial charge in [0.05, 0.1) is 10.5 Å². The minimum atomic E-state index is -3.80. The van der Waals surface area contributed by atoms with E-state index in [2.05, 4.69) is 14.9 Å². The summed E-state index contributed by atoms with van der Waals surface area (Å²) in [6.45, 7) is -0.260. The van der Waals surface area contributed by atoms with Gasteiger partial charge in [-0.1, -0.05) is 29.4 Å². The van der Waals surface area contributed by atoms with Crippen molar-refractivity contribution in [1.29, 1.82) is 0 Å². The first-order chi connectivity index (χ1) is 15.4. The fraction of sp³-hybridized carbons (Fsp3) is 0.0455. The molecule has 4 rings (SSSR count). The van der Waals surface area contributed by atoms with E-state index >= 15 is 0 Å². The molecule has 1 N–H and O–H groups in total. The maximum Gasteiger partial charge on any atom is 0.338 e. The number of nitrogens with one attached hydrogen (secondary N) is 1. The van der Waals surface area contributed by atoms with Crippen LogP contribution in [-0.4, -0.2) is 24.5 Å². The number of sulfonamides is 1. The second kappa shape index (κ2) is 8.98. The molecule has 8 nitrogen and oxygen atoms in total. The molecule has 0 radical (unpaired) electrons. The second-order valence-corrected chi connectivity index (χ2v) is 8.28. The second-order valence-electron chi connectivity index (χ2n) is 6.60. The van der Waals surface area contributed by atoms with E-state index in [0.717, 1.165) is 0 Å². The van der Waals surface area contributed by atoms with Crippen LogP contribution in [0.25, 0.3) is 11.5 Å². The van der Waals surface area contributed by atoms with E-state index in [1.807, 2.05) is 0 Å². The van der Waals surface area contributed by atoms with Crippen molar-refractivity contribution >= 4 is 21.7 Å². The zero-order chi connectivity index (χ0) is 22.6.